The maximum atomic E-state index is 12.3. The molecule has 2 heterocycles. The van der Waals surface area contributed by atoms with E-state index in [1.165, 1.54) is 7.05 Å². The number of sulfonamides is 1. The Bertz CT molecular complexity index is 741. The lowest BCUT2D eigenvalue weighted by Crippen LogP contribution is -2.49. The summed E-state index contributed by atoms with van der Waals surface area (Å²) >= 11 is 0. The molecule has 0 aromatic heterocycles. The van der Waals surface area contributed by atoms with Crippen LogP contribution in [0.15, 0.2) is 29.2 Å². The van der Waals surface area contributed by atoms with Gasteiger partial charge < -0.3 is 15.1 Å². The Balaban J connectivity index is 1.53. The Morgan fingerprint density at radius 1 is 1.07 bits per heavy atom. The van der Waals surface area contributed by atoms with E-state index in [2.05, 4.69) is 19.8 Å². The normalized spacial score (nSPS) is 19.3. The zero-order valence-corrected chi connectivity index (χ0v) is 16.7. The second-order valence-electron chi connectivity index (χ2n) is 6.88. The third kappa shape index (κ3) is 4.98. The number of hydrogen-bond donors (Lipinski definition) is 2. The minimum atomic E-state index is -3.49. The van der Waals surface area contributed by atoms with Gasteiger partial charge >= 0.3 is 0 Å². The first kappa shape index (κ1) is 20.1. The smallest absolute Gasteiger partial charge is 0.242 e. The van der Waals surface area contributed by atoms with Gasteiger partial charge in [0, 0.05) is 65.3 Å². The summed E-state index contributed by atoms with van der Waals surface area (Å²) in [6.45, 7) is 7.24. The third-order valence-corrected chi connectivity index (χ3v) is 6.71. The van der Waals surface area contributed by atoms with E-state index >= 15 is 0 Å². The molecule has 0 bridgehead atoms. The van der Waals surface area contributed by atoms with Crippen LogP contribution >= 0.6 is 0 Å². The van der Waals surface area contributed by atoms with E-state index in [1.807, 2.05) is 17.0 Å². The van der Waals surface area contributed by atoms with E-state index in [-0.39, 0.29) is 5.91 Å². The topological polar surface area (TPSA) is 85.0 Å². The fourth-order valence-corrected chi connectivity index (χ4v) is 4.54. The fourth-order valence-electron chi connectivity index (χ4n) is 3.59. The number of carbonyl (C=O) groups excluding carboxylic acids is 1. The summed E-state index contributed by atoms with van der Waals surface area (Å²) in [5.41, 5.74) is 0.739. The van der Waals surface area contributed by atoms with Gasteiger partial charge in [0.05, 0.1) is 5.69 Å². The molecule has 0 radical (unpaired) electrons. The molecule has 2 aliphatic heterocycles. The van der Waals surface area contributed by atoms with Crippen molar-refractivity contribution in [2.45, 2.75) is 11.3 Å². The lowest BCUT2D eigenvalue weighted by atomic mass is 10.2. The van der Waals surface area contributed by atoms with Crippen molar-refractivity contribution in [2.24, 2.45) is 0 Å². The highest BCUT2D eigenvalue weighted by Gasteiger charge is 2.24. The molecular formula is C18H29N5O3S. The first-order valence-electron chi connectivity index (χ1n) is 9.49. The number of anilines is 1. The highest BCUT2D eigenvalue weighted by atomic mass is 32.2. The molecule has 8 nitrogen and oxygen atoms in total. The summed E-state index contributed by atoms with van der Waals surface area (Å²) in [6.07, 6.45) is 0.546. The largest absolute Gasteiger partial charge is 0.368 e. The highest BCUT2D eigenvalue weighted by molar-refractivity contribution is 7.89. The summed E-state index contributed by atoms with van der Waals surface area (Å²) in [4.78, 5) is 18.9. The number of para-hydroxylation sites is 1. The highest BCUT2D eigenvalue weighted by Crippen LogP contribution is 2.25. The van der Waals surface area contributed by atoms with Crippen molar-refractivity contribution in [3.63, 3.8) is 0 Å². The number of rotatable bonds is 6. The molecule has 0 saturated carbocycles. The molecule has 0 spiro atoms. The fraction of sp³-hybridized carbons (Fsp3) is 0.611. The molecule has 3 rings (SSSR count). The molecule has 1 aromatic carbocycles. The second kappa shape index (κ2) is 9.01. The van der Waals surface area contributed by atoms with E-state index in [1.54, 1.807) is 12.1 Å². The van der Waals surface area contributed by atoms with Crippen LogP contribution in [-0.4, -0.2) is 90.1 Å². The number of amides is 1. The Hall–Kier alpha value is -1.68. The zero-order valence-electron chi connectivity index (χ0n) is 15.9. The number of hydrogen-bond acceptors (Lipinski definition) is 6. The van der Waals surface area contributed by atoms with Crippen molar-refractivity contribution >= 4 is 21.6 Å². The summed E-state index contributed by atoms with van der Waals surface area (Å²) in [5, 5.41) is 3.26. The molecule has 1 amide bonds. The average molecular weight is 396 g/mol. The predicted molar refractivity (Wildman–Crippen MR) is 105 cm³/mol. The summed E-state index contributed by atoms with van der Waals surface area (Å²) in [7, 11) is -2.06. The minimum Gasteiger partial charge on any atom is -0.368 e. The lowest BCUT2D eigenvalue weighted by molar-refractivity contribution is -0.132. The van der Waals surface area contributed by atoms with Crippen molar-refractivity contribution in [1.29, 1.82) is 0 Å². The van der Waals surface area contributed by atoms with Gasteiger partial charge in [-0.15, -0.1) is 0 Å². The van der Waals surface area contributed by atoms with Gasteiger partial charge in [-0.3, -0.25) is 9.69 Å². The van der Waals surface area contributed by atoms with Crippen LogP contribution in [0.4, 0.5) is 5.69 Å². The SMILES string of the molecule is CNS(=O)(=O)c1ccccc1N1CCN(CCC(=O)N2CCNCC2)CC1. The van der Waals surface area contributed by atoms with Crippen molar-refractivity contribution in [3.8, 4) is 0 Å². The second-order valence-corrected chi connectivity index (χ2v) is 8.74. The molecule has 2 N–H and O–H groups in total. The quantitative estimate of drug-likeness (QED) is 0.678. The summed E-state index contributed by atoms with van der Waals surface area (Å²) in [5.74, 6) is 0.226. The van der Waals surface area contributed by atoms with Crippen LogP contribution < -0.4 is 14.9 Å². The molecule has 0 atom stereocenters. The van der Waals surface area contributed by atoms with Crippen molar-refractivity contribution in [1.82, 2.24) is 19.8 Å². The molecule has 0 aliphatic carbocycles. The van der Waals surface area contributed by atoms with Crippen LogP contribution in [-0.2, 0) is 14.8 Å². The van der Waals surface area contributed by atoms with E-state index in [4.69, 9.17) is 0 Å². The molecular weight excluding hydrogens is 366 g/mol. The predicted octanol–water partition coefficient (Wildman–Crippen LogP) is -0.461. The van der Waals surface area contributed by atoms with Gasteiger partial charge in [-0.2, -0.15) is 0 Å². The van der Waals surface area contributed by atoms with Gasteiger partial charge in [-0.1, -0.05) is 12.1 Å². The first-order chi connectivity index (χ1) is 13.0. The van der Waals surface area contributed by atoms with Crippen LogP contribution in [0, 0.1) is 0 Å². The molecule has 150 valence electrons. The summed E-state index contributed by atoms with van der Waals surface area (Å²) in [6, 6.07) is 7.10. The van der Waals surface area contributed by atoms with Crippen LogP contribution in [0.5, 0.6) is 0 Å². The van der Waals surface area contributed by atoms with Gasteiger partial charge in [0.1, 0.15) is 4.90 Å². The van der Waals surface area contributed by atoms with Crippen LogP contribution in [0.25, 0.3) is 0 Å². The first-order valence-corrected chi connectivity index (χ1v) is 11.0. The van der Waals surface area contributed by atoms with Gasteiger partial charge in [-0.25, -0.2) is 13.1 Å². The third-order valence-electron chi connectivity index (χ3n) is 5.25. The van der Waals surface area contributed by atoms with Crippen molar-refractivity contribution < 1.29 is 13.2 Å². The Labute approximate surface area is 161 Å². The molecule has 2 saturated heterocycles. The maximum absolute atomic E-state index is 12.3. The number of piperazine rings is 2. The van der Waals surface area contributed by atoms with E-state index < -0.39 is 10.0 Å². The van der Waals surface area contributed by atoms with Crippen molar-refractivity contribution in [2.75, 3.05) is 70.9 Å². The molecule has 9 heteroatoms. The average Bonchev–Trinajstić information content (AvgIpc) is 2.73. The standard InChI is InChI=1S/C18H29N5O3S/c1-19-27(25,26)17-5-3-2-4-16(17)22-14-12-21(13-15-22)9-6-18(24)23-10-7-20-8-11-23/h2-5,19-20H,6-15H2,1H3. The van der Waals surface area contributed by atoms with E-state index in [0.717, 1.165) is 64.6 Å². The molecule has 0 unspecified atom stereocenters. The molecule has 27 heavy (non-hydrogen) atoms. The number of nitrogens with zero attached hydrogens (tertiary/aromatic N) is 3. The lowest BCUT2D eigenvalue weighted by Gasteiger charge is -2.37. The van der Waals surface area contributed by atoms with Gasteiger partial charge in [0.25, 0.3) is 0 Å². The number of benzene rings is 1. The van der Waals surface area contributed by atoms with Crippen LogP contribution in [0.1, 0.15) is 6.42 Å². The maximum Gasteiger partial charge on any atom is 0.242 e. The van der Waals surface area contributed by atoms with Gasteiger partial charge in [-0.05, 0) is 19.2 Å². The van der Waals surface area contributed by atoms with Crippen molar-refractivity contribution in [3.05, 3.63) is 24.3 Å². The zero-order chi connectivity index (χ0) is 19.3. The Morgan fingerprint density at radius 3 is 2.41 bits per heavy atom. The Morgan fingerprint density at radius 2 is 1.74 bits per heavy atom. The number of carbonyl (C=O) groups is 1. The minimum absolute atomic E-state index is 0.226. The summed E-state index contributed by atoms with van der Waals surface area (Å²) < 4.78 is 26.9. The van der Waals surface area contributed by atoms with Crippen LogP contribution in [0.2, 0.25) is 0 Å². The molecule has 2 fully saturated rings. The van der Waals surface area contributed by atoms with E-state index in [0.29, 0.717) is 11.3 Å². The van der Waals surface area contributed by atoms with Gasteiger partial charge in [0.15, 0.2) is 0 Å². The number of nitrogens with one attached hydrogen (secondary N) is 2. The van der Waals surface area contributed by atoms with E-state index in [9.17, 15) is 13.2 Å². The van der Waals surface area contributed by atoms with Crippen LogP contribution in [0.3, 0.4) is 0 Å². The monoisotopic (exact) mass is 395 g/mol. The molecule has 2 aliphatic rings. The molecule has 1 aromatic rings. The van der Waals surface area contributed by atoms with Gasteiger partial charge in [0.2, 0.25) is 15.9 Å². The Kier molecular flexibility index (Phi) is 6.69.